The highest BCUT2D eigenvalue weighted by Crippen LogP contribution is 2.33. The number of aryl methyl sites for hydroxylation is 2. The van der Waals surface area contributed by atoms with Crippen molar-refractivity contribution in [2.45, 2.75) is 19.9 Å². The molecule has 0 spiro atoms. The molecule has 1 unspecified atom stereocenters. The van der Waals surface area contributed by atoms with Crippen LogP contribution in [0.1, 0.15) is 28.5 Å². The lowest BCUT2D eigenvalue weighted by Crippen LogP contribution is -2.17. The predicted octanol–water partition coefficient (Wildman–Crippen LogP) is 4.73. The maximum absolute atomic E-state index is 5.40. The molecule has 2 rings (SSSR count). The Hall–Kier alpha value is -0.580. The molecule has 0 aliphatic rings. The van der Waals surface area contributed by atoms with Crippen LogP contribution in [0, 0.1) is 13.8 Å². The van der Waals surface area contributed by atoms with Crippen LogP contribution in [-0.2, 0) is 0 Å². The summed E-state index contributed by atoms with van der Waals surface area (Å²) in [5, 5.41) is 3.32. The Balaban J connectivity index is 2.48. The molecule has 0 saturated carbocycles. The highest BCUT2D eigenvalue weighted by Gasteiger charge is 2.18. The van der Waals surface area contributed by atoms with Crippen molar-refractivity contribution in [2.24, 2.45) is 0 Å². The van der Waals surface area contributed by atoms with E-state index >= 15 is 0 Å². The molecule has 1 aromatic heterocycles. The Kier molecular flexibility index (Phi) is 4.30. The van der Waals surface area contributed by atoms with Crippen molar-refractivity contribution >= 4 is 31.9 Å². The van der Waals surface area contributed by atoms with Crippen molar-refractivity contribution in [3.05, 3.63) is 55.9 Å². The fourth-order valence-corrected chi connectivity index (χ4v) is 3.05. The highest BCUT2D eigenvalue weighted by atomic mass is 79.9. The SMILES string of the molecule is CNC(c1coc(C)c1)c1cc(Br)c(C)cc1Br. The van der Waals surface area contributed by atoms with Gasteiger partial charge in [-0.25, -0.2) is 0 Å². The molecule has 0 aliphatic carbocycles. The maximum Gasteiger partial charge on any atom is 0.101 e. The van der Waals surface area contributed by atoms with Gasteiger partial charge in [-0.1, -0.05) is 31.9 Å². The molecule has 4 heteroatoms. The van der Waals surface area contributed by atoms with Crippen molar-refractivity contribution in [3.63, 3.8) is 0 Å². The minimum absolute atomic E-state index is 0.119. The zero-order valence-corrected chi connectivity index (χ0v) is 13.7. The average molecular weight is 373 g/mol. The van der Waals surface area contributed by atoms with Gasteiger partial charge >= 0.3 is 0 Å². The fourth-order valence-electron chi connectivity index (χ4n) is 2.00. The highest BCUT2D eigenvalue weighted by molar-refractivity contribution is 9.11. The first-order chi connectivity index (χ1) is 8.52. The van der Waals surface area contributed by atoms with Crippen molar-refractivity contribution in [1.82, 2.24) is 5.32 Å². The monoisotopic (exact) mass is 371 g/mol. The molecule has 0 saturated heterocycles. The minimum atomic E-state index is 0.119. The first kappa shape index (κ1) is 13.8. The summed E-state index contributed by atoms with van der Waals surface area (Å²) in [4.78, 5) is 0. The van der Waals surface area contributed by atoms with Gasteiger partial charge in [0.05, 0.1) is 12.3 Å². The van der Waals surface area contributed by atoms with Gasteiger partial charge in [-0.3, -0.25) is 0 Å². The molecular formula is C14H15Br2NO. The Morgan fingerprint density at radius 3 is 2.39 bits per heavy atom. The van der Waals surface area contributed by atoms with Gasteiger partial charge in [-0.2, -0.15) is 0 Å². The Labute approximate surface area is 124 Å². The molecule has 2 nitrogen and oxygen atoms in total. The fraction of sp³-hybridized carbons (Fsp3) is 0.286. The van der Waals surface area contributed by atoms with Crippen LogP contribution in [0.15, 0.2) is 37.8 Å². The van der Waals surface area contributed by atoms with Crippen LogP contribution in [-0.4, -0.2) is 7.05 Å². The van der Waals surface area contributed by atoms with Gasteiger partial charge in [-0.15, -0.1) is 0 Å². The van der Waals surface area contributed by atoms with Crippen molar-refractivity contribution < 1.29 is 4.42 Å². The van der Waals surface area contributed by atoms with E-state index in [1.165, 1.54) is 11.1 Å². The van der Waals surface area contributed by atoms with E-state index in [9.17, 15) is 0 Å². The third-order valence-corrected chi connectivity index (χ3v) is 4.50. The van der Waals surface area contributed by atoms with E-state index in [2.05, 4.69) is 62.3 Å². The van der Waals surface area contributed by atoms with E-state index in [0.717, 1.165) is 20.3 Å². The first-order valence-electron chi connectivity index (χ1n) is 5.70. The van der Waals surface area contributed by atoms with Crippen LogP contribution in [0.4, 0.5) is 0 Å². The second kappa shape index (κ2) is 5.59. The number of nitrogens with one attached hydrogen (secondary N) is 1. The summed E-state index contributed by atoms with van der Waals surface area (Å²) in [6, 6.07) is 6.44. The third-order valence-electron chi connectivity index (χ3n) is 2.96. The lowest BCUT2D eigenvalue weighted by molar-refractivity contribution is 0.527. The molecule has 1 heterocycles. The molecule has 96 valence electrons. The van der Waals surface area contributed by atoms with Crippen molar-refractivity contribution in [3.8, 4) is 0 Å². The quantitative estimate of drug-likeness (QED) is 0.842. The molecule has 18 heavy (non-hydrogen) atoms. The summed E-state index contributed by atoms with van der Waals surface area (Å²) < 4.78 is 7.61. The van der Waals surface area contributed by atoms with Crippen LogP contribution in [0.25, 0.3) is 0 Å². The number of hydrogen-bond acceptors (Lipinski definition) is 2. The van der Waals surface area contributed by atoms with Crippen LogP contribution < -0.4 is 5.32 Å². The topological polar surface area (TPSA) is 25.2 Å². The molecule has 2 aromatic rings. The summed E-state index contributed by atoms with van der Waals surface area (Å²) in [7, 11) is 1.95. The van der Waals surface area contributed by atoms with E-state index in [1.54, 1.807) is 6.26 Å². The summed E-state index contributed by atoms with van der Waals surface area (Å²) in [6.07, 6.45) is 1.80. The van der Waals surface area contributed by atoms with E-state index in [-0.39, 0.29) is 6.04 Å². The molecule has 1 aromatic carbocycles. The summed E-state index contributed by atoms with van der Waals surface area (Å²) >= 11 is 7.22. The van der Waals surface area contributed by atoms with Gasteiger partial charge in [0.15, 0.2) is 0 Å². The predicted molar refractivity (Wildman–Crippen MR) is 80.9 cm³/mol. The third kappa shape index (κ3) is 2.71. The lowest BCUT2D eigenvalue weighted by Gasteiger charge is -2.18. The zero-order valence-electron chi connectivity index (χ0n) is 10.6. The Bertz CT molecular complexity index is 563. The van der Waals surface area contributed by atoms with E-state index in [1.807, 2.05) is 14.0 Å². The first-order valence-corrected chi connectivity index (χ1v) is 7.29. The molecule has 0 amide bonds. The minimum Gasteiger partial charge on any atom is -0.469 e. The molecule has 0 bridgehead atoms. The number of halogens is 2. The van der Waals surface area contributed by atoms with Gasteiger partial charge in [0.1, 0.15) is 5.76 Å². The second-order valence-corrected chi connectivity index (χ2v) is 6.04. The van der Waals surface area contributed by atoms with Gasteiger partial charge in [0, 0.05) is 14.5 Å². The van der Waals surface area contributed by atoms with Crippen molar-refractivity contribution in [1.29, 1.82) is 0 Å². The van der Waals surface area contributed by atoms with Crippen LogP contribution in [0.3, 0.4) is 0 Å². The van der Waals surface area contributed by atoms with E-state index in [4.69, 9.17) is 4.42 Å². The number of rotatable bonds is 3. The lowest BCUT2D eigenvalue weighted by atomic mass is 10.00. The van der Waals surface area contributed by atoms with Gasteiger partial charge in [0.2, 0.25) is 0 Å². The Morgan fingerprint density at radius 2 is 1.83 bits per heavy atom. The van der Waals surface area contributed by atoms with Gasteiger partial charge in [-0.05, 0) is 50.2 Å². The number of hydrogen-bond donors (Lipinski definition) is 1. The summed E-state index contributed by atoms with van der Waals surface area (Å²) in [5.74, 6) is 0.924. The van der Waals surface area contributed by atoms with Gasteiger partial charge < -0.3 is 9.73 Å². The Morgan fingerprint density at radius 1 is 1.11 bits per heavy atom. The number of furan rings is 1. The summed E-state index contributed by atoms with van der Waals surface area (Å²) in [5.41, 5.74) is 3.53. The van der Waals surface area contributed by atoms with Crippen LogP contribution in [0.5, 0.6) is 0 Å². The maximum atomic E-state index is 5.40. The van der Waals surface area contributed by atoms with Gasteiger partial charge in [0.25, 0.3) is 0 Å². The van der Waals surface area contributed by atoms with Crippen LogP contribution >= 0.6 is 31.9 Å². The largest absolute Gasteiger partial charge is 0.469 e. The standard InChI is InChI=1S/C14H15Br2NO/c1-8-4-13(16)11(6-12(8)15)14(17-3)10-5-9(2)18-7-10/h4-7,14,17H,1-3H3. The zero-order chi connectivity index (χ0) is 13.3. The molecule has 1 atom stereocenters. The van der Waals surface area contributed by atoms with E-state index in [0.29, 0.717) is 0 Å². The molecule has 0 radical (unpaired) electrons. The molecule has 1 N–H and O–H groups in total. The normalized spacial score (nSPS) is 12.7. The van der Waals surface area contributed by atoms with E-state index < -0.39 is 0 Å². The van der Waals surface area contributed by atoms with Crippen LogP contribution in [0.2, 0.25) is 0 Å². The molecule has 0 aliphatic heterocycles. The molecule has 0 fully saturated rings. The molecular weight excluding hydrogens is 358 g/mol. The average Bonchev–Trinajstić information content (AvgIpc) is 2.73. The van der Waals surface area contributed by atoms with Crippen molar-refractivity contribution in [2.75, 3.05) is 7.05 Å². The summed E-state index contributed by atoms with van der Waals surface area (Å²) in [6.45, 7) is 4.03. The second-order valence-electron chi connectivity index (χ2n) is 4.34. The number of benzene rings is 1. The smallest absolute Gasteiger partial charge is 0.101 e.